The second-order valence-electron chi connectivity index (χ2n) is 3.02. The Hall–Kier alpha value is -1.62. The normalized spacial score (nSPS) is 13.0. The molecule has 2 aromatic heterocycles. The third kappa shape index (κ3) is 1.42. The molecule has 0 aliphatic heterocycles. The van der Waals surface area contributed by atoms with Gasteiger partial charge in [0.25, 0.3) is 0 Å². The van der Waals surface area contributed by atoms with Crippen LogP contribution >= 0.6 is 0 Å². The van der Waals surface area contributed by atoms with Crippen LogP contribution in [0.2, 0.25) is 0 Å². The van der Waals surface area contributed by atoms with Gasteiger partial charge in [0, 0.05) is 25.1 Å². The average Bonchev–Trinajstić information content (AvgIpc) is 2.87. The van der Waals surface area contributed by atoms with Gasteiger partial charge >= 0.3 is 0 Å². The van der Waals surface area contributed by atoms with E-state index in [4.69, 9.17) is 5.73 Å². The lowest BCUT2D eigenvalue weighted by Gasteiger charge is -2.10. The van der Waals surface area contributed by atoms with Crippen molar-refractivity contribution in [3.05, 3.63) is 36.2 Å². The lowest BCUT2D eigenvalue weighted by Crippen LogP contribution is -2.18. The third-order valence-corrected chi connectivity index (χ3v) is 2.18. The summed E-state index contributed by atoms with van der Waals surface area (Å²) in [6.45, 7) is 2.85. The molecule has 0 spiro atoms. The van der Waals surface area contributed by atoms with Gasteiger partial charge in [-0.15, -0.1) is 0 Å². The van der Waals surface area contributed by atoms with Gasteiger partial charge in [0.05, 0.1) is 5.69 Å². The van der Waals surface area contributed by atoms with E-state index in [1.54, 1.807) is 18.6 Å². The molecule has 0 amide bonds. The van der Waals surface area contributed by atoms with Crippen LogP contribution in [-0.2, 0) is 6.54 Å². The molecule has 0 saturated carbocycles. The van der Waals surface area contributed by atoms with E-state index in [9.17, 15) is 0 Å². The summed E-state index contributed by atoms with van der Waals surface area (Å²) in [5.74, 6) is 0.764. The van der Waals surface area contributed by atoms with Gasteiger partial charge in [-0.3, -0.25) is 4.68 Å². The molecule has 0 bridgehead atoms. The topological polar surface area (TPSA) is 72.5 Å². The summed E-state index contributed by atoms with van der Waals surface area (Å²) in [5, 5.41) is 4.16. The molecule has 1 unspecified atom stereocenters. The van der Waals surface area contributed by atoms with Gasteiger partial charge < -0.3 is 10.7 Å². The van der Waals surface area contributed by atoms with Crippen molar-refractivity contribution in [3.8, 4) is 0 Å². The molecule has 2 aromatic rings. The molecule has 0 radical (unpaired) electrons. The maximum atomic E-state index is 6.03. The first-order chi connectivity index (χ1) is 6.83. The maximum absolute atomic E-state index is 6.03. The quantitative estimate of drug-likeness (QED) is 0.749. The van der Waals surface area contributed by atoms with Gasteiger partial charge in [0.1, 0.15) is 11.9 Å². The van der Waals surface area contributed by atoms with E-state index < -0.39 is 0 Å². The molecule has 0 aromatic carbocycles. The minimum atomic E-state index is -0.229. The first-order valence-corrected chi connectivity index (χ1v) is 4.59. The Morgan fingerprint density at radius 2 is 2.43 bits per heavy atom. The largest absolute Gasteiger partial charge is 0.347 e. The van der Waals surface area contributed by atoms with Crippen molar-refractivity contribution in [2.45, 2.75) is 19.5 Å². The maximum Gasteiger partial charge on any atom is 0.129 e. The number of aromatic nitrogens is 4. The van der Waals surface area contributed by atoms with Crippen molar-refractivity contribution in [1.29, 1.82) is 0 Å². The Labute approximate surface area is 82.0 Å². The van der Waals surface area contributed by atoms with Gasteiger partial charge in [-0.2, -0.15) is 5.10 Å². The Kier molecular flexibility index (Phi) is 2.32. The van der Waals surface area contributed by atoms with E-state index in [-0.39, 0.29) is 6.04 Å². The summed E-state index contributed by atoms with van der Waals surface area (Å²) >= 11 is 0. The SMILES string of the molecule is CCn1nccc1C(N)c1ncc[nH]1. The van der Waals surface area contributed by atoms with E-state index in [1.165, 1.54) is 0 Å². The molecule has 3 N–H and O–H groups in total. The van der Waals surface area contributed by atoms with Crippen molar-refractivity contribution in [3.63, 3.8) is 0 Å². The van der Waals surface area contributed by atoms with Gasteiger partial charge in [0.15, 0.2) is 0 Å². The lowest BCUT2D eigenvalue weighted by molar-refractivity contribution is 0.592. The fourth-order valence-electron chi connectivity index (χ4n) is 1.46. The number of nitrogens with one attached hydrogen (secondary N) is 1. The van der Waals surface area contributed by atoms with Crippen LogP contribution in [0.1, 0.15) is 24.5 Å². The van der Waals surface area contributed by atoms with Crippen LogP contribution in [0.15, 0.2) is 24.7 Å². The average molecular weight is 191 g/mol. The minimum absolute atomic E-state index is 0.229. The number of nitrogens with two attached hydrogens (primary N) is 1. The van der Waals surface area contributed by atoms with Crippen molar-refractivity contribution in [2.75, 3.05) is 0 Å². The number of hydrogen-bond acceptors (Lipinski definition) is 3. The molecule has 5 nitrogen and oxygen atoms in total. The minimum Gasteiger partial charge on any atom is -0.347 e. The predicted molar refractivity (Wildman–Crippen MR) is 52.5 cm³/mol. The van der Waals surface area contributed by atoms with Crippen LogP contribution in [0.5, 0.6) is 0 Å². The number of aromatic amines is 1. The summed E-state index contributed by atoms with van der Waals surface area (Å²) in [7, 11) is 0. The number of hydrogen-bond donors (Lipinski definition) is 2. The van der Waals surface area contributed by atoms with Crippen LogP contribution < -0.4 is 5.73 Å². The van der Waals surface area contributed by atoms with Crippen molar-refractivity contribution >= 4 is 0 Å². The number of aryl methyl sites for hydroxylation is 1. The fraction of sp³-hybridized carbons (Fsp3) is 0.333. The molecule has 1 atom stereocenters. The summed E-state index contributed by atoms with van der Waals surface area (Å²) in [5.41, 5.74) is 7.00. The summed E-state index contributed by atoms with van der Waals surface area (Å²) < 4.78 is 1.87. The third-order valence-electron chi connectivity index (χ3n) is 2.18. The number of nitrogens with zero attached hydrogens (tertiary/aromatic N) is 3. The first kappa shape index (κ1) is 8.96. The van der Waals surface area contributed by atoms with Crippen LogP contribution in [0.3, 0.4) is 0 Å². The molecule has 5 heteroatoms. The first-order valence-electron chi connectivity index (χ1n) is 4.59. The zero-order chi connectivity index (χ0) is 9.97. The van der Waals surface area contributed by atoms with E-state index >= 15 is 0 Å². The molecule has 0 fully saturated rings. The van der Waals surface area contributed by atoms with E-state index in [2.05, 4.69) is 15.1 Å². The highest BCUT2D eigenvalue weighted by Gasteiger charge is 2.14. The van der Waals surface area contributed by atoms with Gasteiger partial charge in [0.2, 0.25) is 0 Å². The highest BCUT2D eigenvalue weighted by Crippen LogP contribution is 2.14. The van der Waals surface area contributed by atoms with Crippen LogP contribution in [0.4, 0.5) is 0 Å². The van der Waals surface area contributed by atoms with Gasteiger partial charge in [-0.25, -0.2) is 4.98 Å². The molecular formula is C9H13N5. The second-order valence-corrected chi connectivity index (χ2v) is 3.02. The Balaban J connectivity index is 2.31. The fourth-order valence-corrected chi connectivity index (χ4v) is 1.46. The van der Waals surface area contributed by atoms with Gasteiger partial charge in [-0.05, 0) is 13.0 Å². The Morgan fingerprint density at radius 3 is 3.07 bits per heavy atom. The van der Waals surface area contributed by atoms with E-state index in [0.717, 1.165) is 18.1 Å². The van der Waals surface area contributed by atoms with Crippen molar-refractivity contribution < 1.29 is 0 Å². The Morgan fingerprint density at radius 1 is 1.57 bits per heavy atom. The lowest BCUT2D eigenvalue weighted by atomic mass is 10.2. The van der Waals surface area contributed by atoms with Crippen molar-refractivity contribution in [1.82, 2.24) is 19.7 Å². The molecule has 0 aliphatic carbocycles. The zero-order valence-electron chi connectivity index (χ0n) is 8.01. The molecule has 14 heavy (non-hydrogen) atoms. The van der Waals surface area contributed by atoms with Crippen molar-refractivity contribution in [2.24, 2.45) is 5.73 Å². The molecule has 0 aliphatic rings. The second kappa shape index (κ2) is 3.63. The van der Waals surface area contributed by atoms with Crippen LogP contribution in [0, 0.1) is 0 Å². The smallest absolute Gasteiger partial charge is 0.129 e. The number of H-pyrrole nitrogens is 1. The van der Waals surface area contributed by atoms with Crippen LogP contribution in [-0.4, -0.2) is 19.7 Å². The molecule has 2 rings (SSSR count). The van der Waals surface area contributed by atoms with Crippen LogP contribution in [0.25, 0.3) is 0 Å². The molecule has 0 saturated heterocycles. The van der Waals surface area contributed by atoms with Gasteiger partial charge in [-0.1, -0.05) is 0 Å². The van der Waals surface area contributed by atoms with E-state index in [1.807, 2.05) is 17.7 Å². The number of rotatable bonds is 3. The van der Waals surface area contributed by atoms with E-state index in [0.29, 0.717) is 0 Å². The summed E-state index contributed by atoms with van der Waals surface area (Å²) in [6, 6.07) is 1.68. The molecule has 74 valence electrons. The molecule has 2 heterocycles. The Bertz CT molecular complexity index is 389. The highest BCUT2D eigenvalue weighted by molar-refractivity contribution is 5.15. The molecular weight excluding hydrogens is 178 g/mol. The zero-order valence-corrected chi connectivity index (χ0v) is 8.01. The summed E-state index contributed by atoms with van der Waals surface area (Å²) in [6.07, 6.45) is 5.21. The number of imidazole rings is 1. The highest BCUT2D eigenvalue weighted by atomic mass is 15.3. The summed E-state index contributed by atoms with van der Waals surface area (Å²) in [4.78, 5) is 7.13. The predicted octanol–water partition coefficient (Wildman–Crippen LogP) is 0.674. The standard InChI is InChI=1S/C9H13N5/c1-2-14-7(3-4-13-14)8(10)9-11-5-6-12-9/h3-6,8H,2,10H2,1H3,(H,11,12). The monoisotopic (exact) mass is 191 g/mol.